The third-order valence-corrected chi connectivity index (χ3v) is 5.35. The molecule has 0 aliphatic carbocycles. The van der Waals surface area contributed by atoms with Crippen LogP contribution in [0.25, 0.3) is 10.9 Å². The number of para-hydroxylation sites is 1. The Morgan fingerprint density at radius 2 is 1.96 bits per heavy atom. The number of H-pyrrole nitrogens is 1. The summed E-state index contributed by atoms with van der Waals surface area (Å²) >= 11 is 5.94. The number of morpholine rings is 1. The van der Waals surface area contributed by atoms with Crippen LogP contribution in [0, 0.1) is 0 Å². The fourth-order valence-electron chi connectivity index (χ4n) is 3.53. The maximum absolute atomic E-state index is 12.7. The van der Waals surface area contributed by atoms with Gasteiger partial charge in [-0.1, -0.05) is 41.9 Å². The van der Waals surface area contributed by atoms with E-state index in [9.17, 15) is 9.59 Å². The van der Waals surface area contributed by atoms with Gasteiger partial charge in [-0.3, -0.25) is 9.59 Å². The Kier molecular flexibility index (Phi) is 5.46. The minimum Gasteiger partial charge on any atom is -0.370 e. The number of ether oxygens (including phenoxy) is 1. The topological polar surface area (TPSA) is 62.4 Å². The van der Waals surface area contributed by atoms with Gasteiger partial charge in [-0.15, -0.1) is 0 Å². The van der Waals surface area contributed by atoms with Gasteiger partial charge in [0.25, 0.3) is 5.56 Å². The van der Waals surface area contributed by atoms with E-state index in [-0.39, 0.29) is 17.6 Å². The quantitative estimate of drug-likeness (QED) is 0.731. The molecule has 1 aliphatic rings. The molecule has 0 spiro atoms. The smallest absolute Gasteiger partial charge is 0.251 e. The summed E-state index contributed by atoms with van der Waals surface area (Å²) in [4.78, 5) is 29.7. The van der Waals surface area contributed by atoms with E-state index in [1.807, 2.05) is 59.5 Å². The van der Waals surface area contributed by atoms with Crippen LogP contribution in [0.1, 0.15) is 23.7 Å². The number of aromatic nitrogens is 1. The zero-order valence-electron chi connectivity index (χ0n) is 15.4. The fourth-order valence-corrected chi connectivity index (χ4v) is 3.66. The molecule has 0 bridgehead atoms. The highest BCUT2D eigenvalue weighted by Crippen LogP contribution is 2.24. The molecule has 1 N–H and O–H groups in total. The highest BCUT2D eigenvalue weighted by molar-refractivity contribution is 6.30. The number of aryl methyl sites for hydroxylation is 1. The Labute approximate surface area is 167 Å². The van der Waals surface area contributed by atoms with Crippen LogP contribution in [-0.2, 0) is 16.0 Å². The van der Waals surface area contributed by atoms with Gasteiger partial charge in [0.05, 0.1) is 13.2 Å². The zero-order valence-corrected chi connectivity index (χ0v) is 16.1. The van der Waals surface area contributed by atoms with Crippen molar-refractivity contribution in [3.05, 3.63) is 81.1 Å². The predicted octanol–water partition coefficient (Wildman–Crippen LogP) is 3.71. The average molecular weight is 397 g/mol. The van der Waals surface area contributed by atoms with E-state index >= 15 is 0 Å². The highest BCUT2D eigenvalue weighted by atomic mass is 35.5. The minimum atomic E-state index is -0.154. The summed E-state index contributed by atoms with van der Waals surface area (Å²) in [6.45, 7) is 1.57. The normalized spacial score (nSPS) is 17.0. The molecular formula is C22H21ClN2O3. The van der Waals surface area contributed by atoms with E-state index in [1.165, 1.54) is 0 Å². The summed E-state index contributed by atoms with van der Waals surface area (Å²) in [5.74, 6) is 0.0369. The molecule has 6 heteroatoms. The second-order valence-electron chi connectivity index (χ2n) is 6.96. The van der Waals surface area contributed by atoms with Gasteiger partial charge in [0, 0.05) is 29.1 Å². The number of pyridine rings is 1. The zero-order chi connectivity index (χ0) is 19.5. The van der Waals surface area contributed by atoms with Crippen molar-refractivity contribution in [2.75, 3.05) is 19.7 Å². The molecule has 5 nitrogen and oxygen atoms in total. The summed E-state index contributed by atoms with van der Waals surface area (Å²) in [5, 5.41) is 1.65. The van der Waals surface area contributed by atoms with Crippen LogP contribution in [-0.4, -0.2) is 35.5 Å². The molecule has 3 aromatic rings. The summed E-state index contributed by atoms with van der Waals surface area (Å²) in [6, 6.07) is 17.0. The SMILES string of the molecule is O=C(CCc1cc2ccccc2[nH]c1=O)N1CCOC(c2ccc(Cl)cc2)C1. The van der Waals surface area contributed by atoms with Crippen molar-refractivity contribution in [3.8, 4) is 0 Å². The molecule has 2 heterocycles. The van der Waals surface area contributed by atoms with E-state index in [1.54, 1.807) is 0 Å². The van der Waals surface area contributed by atoms with Crippen molar-refractivity contribution in [3.63, 3.8) is 0 Å². The Hall–Kier alpha value is -2.63. The van der Waals surface area contributed by atoms with Crippen LogP contribution in [0.4, 0.5) is 0 Å². The van der Waals surface area contributed by atoms with Crippen LogP contribution in [0.3, 0.4) is 0 Å². The number of amides is 1. The van der Waals surface area contributed by atoms with E-state index < -0.39 is 0 Å². The maximum atomic E-state index is 12.7. The Bertz CT molecular complexity index is 1050. The van der Waals surface area contributed by atoms with Gasteiger partial charge in [0.2, 0.25) is 5.91 Å². The van der Waals surface area contributed by atoms with Crippen molar-refractivity contribution < 1.29 is 9.53 Å². The number of nitrogens with zero attached hydrogens (tertiary/aromatic N) is 1. The molecular weight excluding hydrogens is 376 g/mol. The van der Waals surface area contributed by atoms with Gasteiger partial charge in [-0.05, 0) is 41.6 Å². The second kappa shape index (κ2) is 8.17. The first-order chi connectivity index (χ1) is 13.6. The van der Waals surface area contributed by atoms with Gasteiger partial charge in [-0.2, -0.15) is 0 Å². The van der Waals surface area contributed by atoms with Crippen LogP contribution < -0.4 is 5.56 Å². The summed E-state index contributed by atoms with van der Waals surface area (Å²) in [6.07, 6.45) is 0.565. The van der Waals surface area contributed by atoms with Gasteiger partial charge >= 0.3 is 0 Å². The maximum Gasteiger partial charge on any atom is 0.251 e. The van der Waals surface area contributed by atoms with Crippen molar-refractivity contribution >= 4 is 28.4 Å². The first kappa shape index (κ1) is 18.7. The van der Waals surface area contributed by atoms with E-state index in [2.05, 4.69) is 4.98 Å². The summed E-state index contributed by atoms with van der Waals surface area (Å²) in [7, 11) is 0. The Morgan fingerprint density at radius 3 is 2.79 bits per heavy atom. The second-order valence-corrected chi connectivity index (χ2v) is 7.40. The number of carbonyl (C=O) groups is 1. The first-order valence-electron chi connectivity index (χ1n) is 9.36. The predicted molar refractivity (Wildman–Crippen MR) is 110 cm³/mol. The van der Waals surface area contributed by atoms with Gasteiger partial charge in [0.1, 0.15) is 6.10 Å². The third-order valence-electron chi connectivity index (χ3n) is 5.10. The van der Waals surface area contributed by atoms with Gasteiger partial charge < -0.3 is 14.6 Å². The molecule has 1 aromatic heterocycles. The molecule has 1 amide bonds. The molecule has 0 radical (unpaired) electrons. The molecule has 2 aromatic carbocycles. The molecule has 28 heavy (non-hydrogen) atoms. The van der Waals surface area contributed by atoms with E-state index in [0.29, 0.717) is 43.1 Å². The molecule has 4 rings (SSSR count). The molecule has 0 saturated carbocycles. The molecule has 1 fully saturated rings. The molecule has 1 atom stereocenters. The lowest BCUT2D eigenvalue weighted by molar-refractivity contribution is -0.139. The van der Waals surface area contributed by atoms with Crippen molar-refractivity contribution in [2.24, 2.45) is 0 Å². The summed E-state index contributed by atoms with van der Waals surface area (Å²) in [5.41, 5.74) is 2.32. The number of rotatable bonds is 4. The number of hydrogen-bond donors (Lipinski definition) is 1. The van der Waals surface area contributed by atoms with E-state index in [4.69, 9.17) is 16.3 Å². The van der Waals surface area contributed by atoms with Crippen LogP contribution >= 0.6 is 11.6 Å². The number of aromatic amines is 1. The largest absolute Gasteiger partial charge is 0.370 e. The van der Waals surface area contributed by atoms with Crippen molar-refractivity contribution in [1.82, 2.24) is 9.88 Å². The van der Waals surface area contributed by atoms with Crippen LogP contribution in [0.15, 0.2) is 59.4 Å². The highest BCUT2D eigenvalue weighted by Gasteiger charge is 2.25. The lowest BCUT2D eigenvalue weighted by Crippen LogP contribution is -2.42. The third kappa shape index (κ3) is 4.11. The molecule has 1 unspecified atom stereocenters. The number of benzene rings is 2. The Balaban J connectivity index is 1.41. The number of hydrogen-bond acceptors (Lipinski definition) is 3. The lowest BCUT2D eigenvalue weighted by Gasteiger charge is -2.33. The monoisotopic (exact) mass is 396 g/mol. The van der Waals surface area contributed by atoms with E-state index in [0.717, 1.165) is 16.5 Å². The average Bonchev–Trinajstić information content (AvgIpc) is 2.72. The standard InChI is InChI=1S/C22H21ClN2O3/c23-18-8-5-15(6-9-18)20-14-25(11-12-28-20)21(26)10-7-17-13-16-3-1-2-4-19(16)24-22(17)27/h1-6,8-9,13,20H,7,10-12,14H2,(H,24,27). The number of nitrogens with one attached hydrogen (secondary N) is 1. The Morgan fingerprint density at radius 1 is 1.18 bits per heavy atom. The summed E-state index contributed by atoms with van der Waals surface area (Å²) < 4.78 is 5.82. The number of carbonyl (C=O) groups excluding carboxylic acids is 1. The fraction of sp³-hybridized carbons (Fsp3) is 0.273. The van der Waals surface area contributed by atoms with Gasteiger partial charge in [0.15, 0.2) is 0 Å². The molecule has 1 aliphatic heterocycles. The van der Waals surface area contributed by atoms with Gasteiger partial charge in [-0.25, -0.2) is 0 Å². The first-order valence-corrected chi connectivity index (χ1v) is 9.74. The van der Waals surface area contributed by atoms with Crippen molar-refractivity contribution in [1.29, 1.82) is 0 Å². The number of fused-ring (bicyclic) bond motifs is 1. The minimum absolute atomic E-state index is 0.0369. The molecule has 144 valence electrons. The number of halogens is 1. The van der Waals surface area contributed by atoms with Crippen molar-refractivity contribution in [2.45, 2.75) is 18.9 Å². The van der Waals surface area contributed by atoms with Crippen LogP contribution in [0.5, 0.6) is 0 Å². The lowest BCUT2D eigenvalue weighted by atomic mass is 10.1. The molecule has 1 saturated heterocycles. The van der Waals surface area contributed by atoms with Crippen LogP contribution in [0.2, 0.25) is 5.02 Å².